The van der Waals surface area contributed by atoms with Gasteiger partial charge in [0.25, 0.3) is 0 Å². The van der Waals surface area contributed by atoms with E-state index in [0.29, 0.717) is 17.9 Å². The first-order valence-electron chi connectivity index (χ1n) is 3.55. The summed E-state index contributed by atoms with van der Waals surface area (Å²) in [4.78, 5) is 0. The molecule has 0 aromatic heterocycles. The molecular weight excluding hydrogens is 112 g/mol. The lowest BCUT2D eigenvalue weighted by atomic mass is 9.94. The Hall–Kier alpha value is -0.0800. The summed E-state index contributed by atoms with van der Waals surface area (Å²) >= 11 is 0. The van der Waals surface area contributed by atoms with Crippen LogP contribution in [-0.2, 0) is 0 Å². The molecule has 0 aliphatic carbocycles. The van der Waals surface area contributed by atoms with Crippen LogP contribution in [0.2, 0.25) is 0 Å². The largest absolute Gasteiger partial charge is 0.271 e. The van der Waals surface area contributed by atoms with Gasteiger partial charge in [0, 0.05) is 6.04 Å². The fourth-order valence-corrected chi connectivity index (χ4v) is 1.15. The first kappa shape index (κ1) is 8.92. The molecule has 2 heteroatoms. The zero-order chi connectivity index (χ0) is 7.44. The minimum atomic E-state index is 0.449. The number of hydrogen-bond donors (Lipinski definition) is 2. The van der Waals surface area contributed by atoms with Gasteiger partial charge in [0.1, 0.15) is 0 Å². The van der Waals surface area contributed by atoms with Gasteiger partial charge in [-0.3, -0.25) is 11.3 Å². The molecular formula is C7H18N2. The fourth-order valence-electron chi connectivity index (χ4n) is 1.15. The molecule has 0 bridgehead atoms. The quantitative estimate of drug-likeness (QED) is 0.444. The Balaban J connectivity index is 3.68. The first-order chi connectivity index (χ1) is 4.09. The van der Waals surface area contributed by atoms with Gasteiger partial charge in [-0.15, -0.1) is 0 Å². The van der Waals surface area contributed by atoms with E-state index in [1.54, 1.807) is 0 Å². The lowest BCUT2D eigenvalue weighted by Gasteiger charge is -2.23. The summed E-state index contributed by atoms with van der Waals surface area (Å²) in [6.45, 7) is 8.68. The molecule has 56 valence electrons. The Morgan fingerprint density at radius 2 is 1.33 bits per heavy atom. The maximum atomic E-state index is 5.32. The molecule has 3 N–H and O–H groups in total. The summed E-state index contributed by atoms with van der Waals surface area (Å²) in [5, 5.41) is 0. The molecule has 0 radical (unpaired) electrons. The van der Waals surface area contributed by atoms with E-state index in [9.17, 15) is 0 Å². The lowest BCUT2D eigenvalue weighted by Crippen LogP contribution is -2.42. The van der Waals surface area contributed by atoms with Gasteiger partial charge in [-0.1, -0.05) is 27.7 Å². The third-order valence-corrected chi connectivity index (χ3v) is 1.63. The summed E-state index contributed by atoms with van der Waals surface area (Å²) in [6.07, 6.45) is 0. The maximum absolute atomic E-state index is 5.32. The minimum absolute atomic E-state index is 0.449. The van der Waals surface area contributed by atoms with Crippen LogP contribution in [0.15, 0.2) is 0 Å². The zero-order valence-electron chi connectivity index (χ0n) is 6.81. The van der Waals surface area contributed by atoms with E-state index in [4.69, 9.17) is 5.84 Å². The second-order valence-electron chi connectivity index (χ2n) is 3.18. The Labute approximate surface area is 57.8 Å². The van der Waals surface area contributed by atoms with Gasteiger partial charge in [-0.05, 0) is 11.8 Å². The van der Waals surface area contributed by atoms with E-state index in [2.05, 4.69) is 33.1 Å². The topological polar surface area (TPSA) is 38.0 Å². The zero-order valence-corrected chi connectivity index (χ0v) is 6.81. The van der Waals surface area contributed by atoms with Crippen LogP contribution in [0.1, 0.15) is 27.7 Å². The molecule has 9 heavy (non-hydrogen) atoms. The van der Waals surface area contributed by atoms with Crippen molar-refractivity contribution in [1.29, 1.82) is 0 Å². The highest BCUT2D eigenvalue weighted by Crippen LogP contribution is 2.09. The molecule has 0 aliphatic rings. The van der Waals surface area contributed by atoms with Gasteiger partial charge >= 0.3 is 0 Å². The molecule has 0 spiro atoms. The van der Waals surface area contributed by atoms with Crippen LogP contribution >= 0.6 is 0 Å². The van der Waals surface area contributed by atoms with Gasteiger partial charge in [-0.25, -0.2) is 0 Å². The molecule has 0 aliphatic heterocycles. The summed E-state index contributed by atoms with van der Waals surface area (Å²) in [5.41, 5.74) is 2.80. The summed E-state index contributed by atoms with van der Waals surface area (Å²) in [5.74, 6) is 6.57. The average molecular weight is 130 g/mol. The van der Waals surface area contributed by atoms with Crippen LogP contribution in [-0.4, -0.2) is 6.04 Å². The van der Waals surface area contributed by atoms with Crippen LogP contribution in [0.5, 0.6) is 0 Å². The van der Waals surface area contributed by atoms with Gasteiger partial charge in [0.05, 0.1) is 0 Å². The first-order valence-corrected chi connectivity index (χ1v) is 3.55. The highest BCUT2D eigenvalue weighted by molar-refractivity contribution is 4.70. The third-order valence-electron chi connectivity index (χ3n) is 1.63. The van der Waals surface area contributed by atoms with Crippen LogP contribution in [0, 0.1) is 11.8 Å². The van der Waals surface area contributed by atoms with Gasteiger partial charge < -0.3 is 0 Å². The number of hydrogen-bond acceptors (Lipinski definition) is 2. The monoisotopic (exact) mass is 130 g/mol. The number of nitrogens with two attached hydrogens (primary N) is 1. The van der Waals surface area contributed by atoms with Crippen LogP contribution in [0.4, 0.5) is 0 Å². The molecule has 2 nitrogen and oxygen atoms in total. The van der Waals surface area contributed by atoms with Crippen molar-refractivity contribution in [1.82, 2.24) is 5.43 Å². The number of nitrogens with one attached hydrogen (secondary N) is 1. The molecule has 0 fully saturated rings. The normalized spacial score (nSPS) is 12.0. The van der Waals surface area contributed by atoms with Crippen molar-refractivity contribution in [3.8, 4) is 0 Å². The molecule has 0 unspecified atom stereocenters. The molecule has 0 aromatic carbocycles. The molecule has 0 aromatic rings. The summed E-state index contributed by atoms with van der Waals surface area (Å²) in [7, 11) is 0. The molecule has 0 saturated carbocycles. The number of hydrazine groups is 1. The molecule has 0 heterocycles. The summed E-state index contributed by atoms with van der Waals surface area (Å²) in [6, 6.07) is 0.449. The molecule has 0 rings (SSSR count). The molecule has 0 amide bonds. The second-order valence-corrected chi connectivity index (χ2v) is 3.18. The Bertz CT molecular complexity index is 61.3. The summed E-state index contributed by atoms with van der Waals surface area (Å²) < 4.78 is 0. The van der Waals surface area contributed by atoms with Crippen LogP contribution < -0.4 is 11.3 Å². The minimum Gasteiger partial charge on any atom is -0.271 e. The van der Waals surface area contributed by atoms with Crippen molar-refractivity contribution >= 4 is 0 Å². The van der Waals surface area contributed by atoms with Crippen molar-refractivity contribution in [3.05, 3.63) is 0 Å². The smallest absolute Gasteiger partial charge is 0.0256 e. The predicted octanol–water partition coefficient (Wildman–Crippen LogP) is 1.13. The van der Waals surface area contributed by atoms with Crippen molar-refractivity contribution in [3.63, 3.8) is 0 Å². The van der Waals surface area contributed by atoms with Crippen molar-refractivity contribution in [2.24, 2.45) is 17.7 Å². The Kier molecular flexibility index (Phi) is 3.82. The van der Waals surface area contributed by atoms with Crippen molar-refractivity contribution in [2.45, 2.75) is 33.7 Å². The van der Waals surface area contributed by atoms with Gasteiger partial charge in [0.15, 0.2) is 0 Å². The maximum Gasteiger partial charge on any atom is 0.0256 e. The van der Waals surface area contributed by atoms with Crippen LogP contribution in [0.3, 0.4) is 0 Å². The average Bonchev–Trinajstić information content (AvgIpc) is 1.64. The van der Waals surface area contributed by atoms with Gasteiger partial charge in [0.2, 0.25) is 0 Å². The van der Waals surface area contributed by atoms with Gasteiger partial charge in [-0.2, -0.15) is 0 Å². The van der Waals surface area contributed by atoms with Crippen LogP contribution in [0.25, 0.3) is 0 Å². The van der Waals surface area contributed by atoms with E-state index in [1.165, 1.54) is 0 Å². The fraction of sp³-hybridized carbons (Fsp3) is 1.00. The molecule has 0 atom stereocenters. The highest BCUT2D eigenvalue weighted by Gasteiger charge is 2.14. The molecule has 0 saturated heterocycles. The van der Waals surface area contributed by atoms with E-state index in [0.717, 1.165) is 0 Å². The second kappa shape index (κ2) is 3.85. The highest BCUT2D eigenvalue weighted by atomic mass is 15.2. The number of rotatable bonds is 3. The SMILES string of the molecule is CC(C)C(NN)C(C)C. The Morgan fingerprint density at radius 1 is 1.00 bits per heavy atom. The van der Waals surface area contributed by atoms with E-state index in [1.807, 2.05) is 0 Å². The van der Waals surface area contributed by atoms with Crippen molar-refractivity contribution in [2.75, 3.05) is 0 Å². The standard InChI is InChI=1S/C7H18N2/c1-5(2)7(9-8)6(3)4/h5-7,9H,8H2,1-4H3. The lowest BCUT2D eigenvalue weighted by molar-refractivity contribution is 0.319. The van der Waals surface area contributed by atoms with E-state index in [-0.39, 0.29) is 0 Å². The van der Waals surface area contributed by atoms with E-state index >= 15 is 0 Å². The Morgan fingerprint density at radius 3 is 1.33 bits per heavy atom. The van der Waals surface area contributed by atoms with Crippen molar-refractivity contribution < 1.29 is 0 Å². The van der Waals surface area contributed by atoms with E-state index < -0.39 is 0 Å². The third kappa shape index (κ3) is 2.82. The predicted molar refractivity (Wildman–Crippen MR) is 40.8 cm³/mol.